The maximum Gasteiger partial charge on any atom is 0.344 e. The van der Waals surface area contributed by atoms with Gasteiger partial charge < -0.3 is 18.9 Å². The molecule has 42 heavy (non-hydrogen) atoms. The number of benzene rings is 3. The van der Waals surface area contributed by atoms with E-state index in [-0.39, 0.29) is 25.2 Å². The predicted molar refractivity (Wildman–Crippen MR) is 171 cm³/mol. The number of hydrogen-bond donors (Lipinski definition) is 0. The first-order valence-corrected chi connectivity index (χ1v) is 16.1. The molecule has 0 saturated heterocycles. The fourth-order valence-corrected chi connectivity index (χ4v) is 5.12. The van der Waals surface area contributed by atoms with Crippen molar-refractivity contribution in [2.24, 2.45) is 0 Å². The Balaban J connectivity index is 1.83. The lowest BCUT2D eigenvalue weighted by Crippen LogP contribution is -2.17. The molecule has 0 aromatic heterocycles. The zero-order chi connectivity index (χ0) is 30.2. The molecule has 6 heteroatoms. The van der Waals surface area contributed by atoms with Gasteiger partial charge in [0.2, 0.25) is 0 Å². The van der Waals surface area contributed by atoms with Gasteiger partial charge in [-0.1, -0.05) is 103 Å². The lowest BCUT2D eigenvalue weighted by Gasteiger charge is -2.19. The third kappa shape index (κ3) is 9.92. The van der Waals surface area contributed by atoms with Gasteiger partial charge in [-0.05, 0) is 48.9 Å². The second-order valence-electron chi connectivity index (χ2n) is 11.0. The Bertz CT molecular complexity index is 1220. The second-order valence-corrected chi connectivity index (χ2v) is 11.0. The summed E-state index contributed by atoms with van der Waals surface area (Å²) in [5, 5.41) is 3.36. The van der Waals surface area contributed by atoms with Crippen LogP contribution in [-0.2, 0) is 31.9 Å². The van der Waals surface area contributed by atoms with Crippen LogP contribution in [0.1, 0.15) is 103 Å². The Morgan fingerprint density at radius 1 is 0.524 bits per heavy atom. The Kier molecular flexibility index (Phi) is 14.5. The number of carbonyl (C=O) groups is 2. The molecule has 230 valence electrons. The molecule has 3 aromatic rings. The molecule has 0 N–H and O–H groups in total. The van der Waals surface area contributed by atoms with Crippen LogP contribution < -0.4 is 9.47 Å². The van der Waals surface area contributed by atoms with Gasteiger partial charge in [0.15, 0.2) is 13.2 Å². The maximum absolute atomic E-state index is 12.6. The first kappa shape index (κ1) is 33.2. The first-order chi connectivity index (χ1) is 20.5. The summed E-state index contributed by atoms with van der Waals surface area (Å²) in [4.78, 5) is 25.2. The Hall–Kier alpha value is -3.28. The zero-order valence-corrected chi connectivity index (χ0v) is 26.2. The van der Waals surface area contributed by atoms with Gasteiger partial charge in [0.05, 0.1) is 13.2 Å². The van der Waals surface area contributed by atoms with Crippen LogP contribution in [-0.4, -0.2) is 38.4 Å². The minimum absolute atomic E-state index is 0.170. The molecule has 3 aromatic carbocycles. The SMILES string of the molecule is CCCCCCCOC(=O)COc1c2ccc(CC)cc2c(OCC(=O)OCCCCCCC)c2cc(CC)ccc12. The van der Waals surface area contributed by atoms with E-state index in [4.69, 9.17) is 18.9 Å². The van der Waals surface area contributed by atoms with Crippen molar-refractivity contribution in [3.05, 3.63) is 47.5 Å². The monoisotopic (exact) mass is 578 g/mol. The summed E-state index contributed by atoms with van der Waals surface area (Å²) in [6.07, 6.45) is 12.6. The lowest BCUT2D eigenvalue weighted by molar-refractivity contribution is -0.147. The molecule has 0 spiro atoms. The summed E-state index contributed by atoms with van der Waals surface area (Å²) in [6.45, 7) is 9.05. The Labute approximate surface area is 252 Å². The largest absolute Gasteiger partial charge is 0.481 e. The van der Waals surface area contributed by atoms with Gasteiger partial charge in [-0.2, -0.15) is 0 Å². The maximum atomic E-state index is 12.6. The number of unbranched alkanes of at least 4 members (excludes halogenated alkanes) is 8. The smallest absolute Gasteiger partial charge is 0.344 e. The van der Waals surface area contributed by atoms with Crippen molar-refractivity contribution in [1.29, 1.82) is 0 Å². The van der Waals surface area contributed by atoms with Gasteiger partial charge in [-0.15, -0.1) is 0 Å². The Morgan fingerprint density at radius 2 is 0.929 bits per heavy atom. The fourth-order valence-electron chi connectivity index (χ4n) is 5.12. The van der Waals surface area contributed by atoms with Crippen molar-refractivity contribution in [3.63, 3.8) is 0 Å². The molecular formula is C36H50O6. The number of hydrogen-bond acceptors (Lipinski definition) is 6. The van der Waals surface area contributed by atoms with E-state index in [1.807, 2.05) is 12.1 Å². The summed E-state index contributed by atoms with van der Waals surface area (Å²) in [6, 6.07) is 12.3. The summed E-state index contributed by atoms with van der Waals surface area (Å²) in [7, 11) is 0. The van der Waals surface area contributed by atoms with Gasteiger partial charge in [-0.3, -0.25) is 0 Å². The van der Waals surface area contributed by atoms with Crippen molar-refractivity contribution in [1.82, 2.24) is 0 Å². The van der Waals surface area contributed by atoms with E-state index in [0.717, 1.165) is 84.0 Å². The molecule has 0 amide bonds. The molecule has 0 bridgehead atoms. The predicted octanol–water partition coefficient (Wildman–Crippen LogP) is 8.90. The molecule has 6 nitrogen and oxygen atoms in total. The van der Waals surface area contributed by atoms with Crippen LogP contribution in [0, 0.1) is 0 Å². The standard InChI is InChI=1S/C36H50O6/c1-5-9-11-13-15-21-39-33(37)25-41-35-29-19-17-27(7-3)23-31(29)36(32-24-28(8-4)18-20-30(32)35)42-26-34(38)40-22-16-14-12-10-6-2/h17-20,23-24H,5-16,21-22,25-26H2,1-4H3. The van der Waals surface area contributed by atoms with Crippen LogP contribution in [0.2, 0.25) is 0 Å². The fraction of sp³-hybridized carbons (Fsp3) is 0.556. The van der Waals surface area contributed by atoms with Crippen LogP contribution >= 0.6 is 0 Å². The Morgan fingerprint density at radius 3 is 1.33 bits per heavy atom. The molecule has 0 unspecified atom stereocenters. The van der Waals surface area contributed by atoms with Gasteiger partial charge in [0.1, 0.15) is 11.5 Å². The molecule has 0 aliphatic heterocycles. The topological polar surface area (TPSA) is 71.1 Å². The minimum atomic E-state index is -0.375. The minimum Gasteiger partial charge on any atom is -0.481 e. The zero-order valence-electron chi connectivity index (χ0n) is 26.2. The normalized spacial score (nSPS) is 11.1. The molecule has 0 heterocycles. The highest BCUT2D eigenvalue weighted by molar-refractivity contribution is 6.11. The van der Waals surface area contributed by atoms with Gasteiger partial charge in [0.25, 0.3) is 0 Å². The molecule has 0 atom stereocenters. The molecule has 0 radical (unpaired) electrons. The van der Waals surface area contributed by atoms with Crippen LogP contribution in [0.3, 0.4) is 0 Å². The number of fused-ring (bicyclic) bond motifs is 2. The molecule has 3 rings (SSSR count). The molecule has 0 fully saturated rings. The molecule has 0 saturated carbocycles. The average Bonchev–Trinajstić information content (AvgIpc) is 3.01. The van der Waals surface area contributed by atoms with Crippen molar-refractivity contribution < 1.29 is 28.5 Å². The van der Waals surface area contributed by atoms with Crippen LogP contribution in [0.25, 0.3) is 21.5 Å². The average molecular weight is 579 g/mol. The number of ether oxygens (including phenoxy) is 4. The number of rotatable bonds is 20. The van der Waals surface area contributed by atoms with Crippen molar-refractivity contribution >= 4 is 33.5 Å². The van der Waals surface area contributed by atoms with E-state index in [1.165, 1.54) is 25.7 Å². The third-order valence-electron chi connectivity index (χ3n) is 7.65. The number of aryl methyl sites for hydroxylation is 2. The molecular weight excluding hydrogens is 528 g/mol. The van der Waals surface area contributed by atoms with Crippen molar-refractivity contribution in [3.8, 4) is 11.5 Å². The van der Waals surface area contributed by atoms with Crippen LogP contribution in [0.4, 0.5) is 0 Å². The first-order valence-electron chi connectivity index (χ1n) is 16.1. The summed E-state index contributed by atoms with van der Waals surface area (Å²) in [5.41, 5.74) is 2.28. The quantitative estimate of drug-likeness (QED) is 0.0757. The highest BCUT2D eigenvalue weighted by atomic mass is 16.6. The summed E-state index contributed by atoms with van der Waals surface area (Å²) in [5.74, 6) is 0.502. The van der Waals surface area contributed by atoms with Gasteiger partial charge in [0, 0.05) is 21.5 Å². The third-order valence-corrected chi connectivity index (χ3v) is 7.65. The van der Waals surface area contributed by atoms with Crippen molar-refractivity contribution in [2.45, 2.75) is 105 Å². The van der Waals surface area contributed by atoms with Gasteiger partial charge in [-0.25, -0.2) is 9.59 Å². The summed E-state index contributed by atoms with van der Waals surface area (Å²) < 4.78 is 23.3. The lowest BCUT2D eigenvalue weighted by atomic mass is 9.96. The van der Waals surface area contributed by atoms with Crippen molar-refractivity contribution in [2.75, 3.05) is 26.4 Å². The van der Waals surface area contributed by atoms with E-state index >= 15 is 0 Å². The van der Waals surface area contributed by atoms with E-state index in [9.17, 15) is 9.59 Å². The molecule has 0 aliphatic carbocycles. The van der Waals surface area contributed by atoms with Gasteiger partial charge >= 0.3 is 11.9 Å². The summed E-state index contributed by atoms with van der Waals surface area (Å²) >= 11 is 0. The van der Waals surface area contributed by atoms with Crippen LogP contribution in [0.15, 0.2) is 36.4 Å². The number of esters is 2. The highest BCUT2D eigenvalue weighted by Crippen LogP contribution is 2.43. The number of carbonyl (C=O) groups excluding carboxylic acids is 2. The van der Waals surface area contributed by atoms with E-state index in [0.29, 0.717) is 24.7 Å². The van der Waals surface area contributed by atoms with Crippen LogP contribution in [0.5, 0.6) is 11.5 Å². The van der Waals surface area contributed by atoms with E-state index in [1.54, 1.807) is 0 Å². The highest BCUT2D eigenvalue weighted by Gasteiger charge is 2.19. The van der Waals surface area contributed by atoms with E-state index in [2.05, 4.69) is 52.0 Å². The molecule has 0 aliphatic rings. The van der Waals surface area contributed by atoms with E-state index < -0.39 is 0 Å². The second kappa shape index (κ2) is 18.3.